The van der Waals surface area contributed by atoms with Crippen LogP contribution in [0.3, 0.4) is 0 Å². The molecule has 0 aromatic rings. The van der Waals surface area contributed by atoms with Crippen molar-refractivity contribution in [1.82, 2.24) is 0 Å². The summed E-state index contributed by atoms with van der Waals surface area (Å²) in [5.74, 6) is -1.22. The lowest BCUT2D eigenvalue weighted by Gasteiger charge is -2.28. The van der Waals surface area contributed by atoms with Crippen LogP contribution in [0.5, 0.6) is 0 Å². The van der Waals surface area contributed by atoms with Crippen LogP contribution in [0.25, 0.3) is 0 Å². The third kappa shape index (κ3) is 14.7. The van der Waals surface area contributed by atoms with E-state index in [1.54, 1.807) is 38.5 Å². The van der Waals surface area contributed by atoms with Crippen LogP contribution >= 0.6 is 7.26 Å². The van der Waals surface area contributed by atoms with Gasteiger partial charge in [-0.15, -0.1) is 0 Å². The van der Waals surface area contributed by atoms with Crippen molar-refractivity contribution in [3.05, 3.63) is 0 Å². The maximum absolute atomic E-state index is 9.90. The van der Waals surface area contributed by atoms with Crippen LogP contribution in [0, 0.1) is 5.92 Å². The van der Waals surface area contributed by atoms with Gasteiger partial charge in [-0.05, 0) is 31.6 Å². The van der Waals surface area contributed by atoms with E-state index < -0.39 is 19.3 Å². The number of nitrogens with two attached hydrogens (primary N) is 1. The van der Waals surface area contributed by atoms with Crippen LogP contribution in [0.1, 0.15) is 92.9 Å². The third-order valence-electron chi connectivity index (χ3n) is 4.93. The Balaban J connectivity index is 0. The summed E-state index contributed by atoms with van der Waals surface area (Å²) >= 11 is 0. The lowest BCUT2D eigenvalue weighted by Crippen LogP contribution is -2.45. The number of carbonyl (C=O) groups excluding carboxylic acids is 1. The van der Waals surface area contributed by atoms with Crippen molar-refractivity contribution in [2.45, 2.75) is 99.0 Å². The Labute approximate surface area is 158 Å². The Bertz CT molecular complexity index is 271. The molecular weight excluding hydrogens is 329 g/mol. The molecule has 4 heteroatoms. The Morgan fingerprint density at radius 2 is 1.08 bits per heavy atom. The zero-order valence-electron chi connectivity index (χ0n) is 18.0. The molecule has 0 bridgehead atoms. The summed E-state index contributed by atoms with van der Waals surface area (Å²) < 4.78 is 0. The molecule has 152 valence electrons. The average Bonchev–Trinajstić information content (AvgIpc) is 2.60. The van der Waals surface area contributed by atoms with Gasteiger partial charge in [0.2, 0.25) is 0 Å². The largest absolute Gasteiger partial charge is 0.548 e. The van der Waals surface area contributed by atoms with E-state index in [0.717, 1.165) is 0 Å². The molecule has 0 rings (SSSR count). The molecule has 0 aliphatic rings. The highest BCUT2D eigenvalue weighted by atomic mass is 31.2. The van der Waals surface area contributed by atoms with Crippen molar-refractivity contribution in [2.24, 2.45) is 11.7 Å². The standard InChI is InChI=1S/C16H36P.C5H11NO2/c1-5-9-13-17(14-10-6-2,15-11-7-3)16-12-8-4;1-3(2)4(6)5(7)8/h5-16H2,1-4H3;3-4H,6H2,1-2H3,(H,7,8)/q+1;/p-1/t;4-/m.0/s1. The molecule has 0 spiro atoms. The second-order valence-electron chi connectivity index (χ2n) is 7.74. The molecule has 0 aromatic heterocycles. The van der Waals surface area contributed by atoms with E-state index in [-0.39, 0.29) is 5.92 Å². The molecule has 0 aromatic carbocycles. The fourth-order valence-corrected chi connectivity index (χ4v) is 8.21. The normalized spacial score (nSPS) is 12.6. The zero-order valence-corrected chi connectivity index (χ0v) is 18.9. The molecule has 0 radical (unpaired) electrons. The summed E-state index contributed by atoms with van der Waals surface area (Å²) in [6.45, 7) is 12.9. The molecule has 0 heterocycles. The summed E-state index contributed by atoms with van der Waals surface area (Å²) in [7, 11) is -0.562. The number of hydrogen-bond acceptors (Lipinski definition) is 3. The minimum absolute atomic E-state index is 0.0417. The predicted molar refractivity (Wildman–Crippen MR) is 114 cm³/mol. The summed E-state index contributed by atoms with van der Waals surface area (Å²) in [4.78, 5) is 9.90. The summed E-state index contributed by atoms with van der Waals surface area (Å²) in [5, 5.41) is 9.90. The van der Waals surface area contributed by atoms with Crippen molar-refractivity contribution >= 4 is 13.2 Å². The molecule has 0 amide bonds. The number of unbranched alkanes of at least 4 members (excludes halogenated alkanes) is 4. The van der Waals surface area contributed by atoms with E-state index in [0.29, 0.717) is 0 Å². The molecule has 25 heavy (non-hydrogen) atoms. The minimum Gasteiger partial charge on any atom is -0.548 e. The van der Waals surface area contributed by atoms with Gasteiger partial charge in [0, 0.05) is 13.3 Å². The number of carbonyl (C=O) groups is 1. The average molecular weight is 376 g/mol. The van der Waals surface area contributed by atoms with E-state index in [4.69, 9.17) is 5.73 Å². The van der Waals surface area contributed by atoms with Crippen molar-refractivity contribution < 1.29 is 9.90 Å². The van der Waals surface area contributed by atoms with E-state index in [2.05, 4.69) is 27.7 Å². The Kier molecular flexibility index (Phi) is 18.7. The molecule has 3 nitrogen and oxygen atoms in total. The van der Waals surface area contributed by atoms with Gasteiger partial charge >= 0.3 is 0 Å². The second kappa shape index (κ2) is 17.3. The van der Waals surface area contributed by atoms with Gasteiger partial charge in [-0.3, -0.25) is 0 Å². The molecule has 0 saturated carbocycles. The topological polar surface area (TPSA) is 66.2 Å². The Hall–Kier alpha value is -0.140. The van der Waals surface area contributed by atoms with Gasteiger partial charge < -0.3 is 15.6 Å². The van der Waals surface area contributed by atoms with Gasteiger partial charge in [0.1, 0.15) is 0 Å². The Morgan fingerprint density at radius 1 is 0.800 bits per heavy atom. The van der Waals surface area contributed by atoms with E-state index >= 15 is 0 Å². The molecule has 2 N–H and O–H groups in total. The van der Waals surface area contributed by atoms with Gasteiger partial charge in [0.15, 0.2) is 0 Å². The maximum atomic E-state index is 9.90. The number of carboxylic acids is 1. The monoisotopic (exact) mass is 375 g/mol. The maximum Gasteiger partial charge on any atom is 0.0594 e. The van der Waals surface area contributed by atoms with Crippen molar-refractivity contribution in [3.8, 4) is 0 Å². The van der Waals surface area contributed by atoms with Gasteiger partial charge in [0.25, 0.3) is 0 Å². The van der Waals surface area contributed by atoms with Crippen molar-refractivity contribution in [2.75, 3.05) is 24.6 Å². The van der Waals surface area contributed by atoms with Crippen LogP contribution in [-0.4, -0.2) is 36.7 Å². The van der Waals surface area contributed by atoms with Gasteiger partial charge in [-0.1, -0.05) is 67.2 Å². The molecule has 0 fully saturated rings. The SMILES string of the molecule is CC(C)[C@H](N)C(=O)[O-].CCCC[P+](CCCC)(CCCC)CCCC. The van der Waals surface area contributed by atoms with E-state index in [1.807, 2.05) is 0 Å². The fraction of sp³-hybridized carbons (Fsp3) is 0.952. The second-order valence-corrected chi connectivity index (χ2v) is 12.2. The van der Waals surface area contributed by atoms with Crippen LogP contribution in [-0.2, 0) is 4.79 Å². The highest BCUT2D eigenvalue weighted by Gasteiger charge is 2.34. The van der Waals surface area contributed by atoms with Gasteiger partial charge in [-0.25, -0.2) is 0 Å². The van der Waals surface area contributed by atoms with Crippen LogP contribution in [0.15, 0.2) is 0 Å². The highest BCUT2D eigenvalue weighted by molar-refractivity contribution is 7.75. The van der Waals surface area contributed by atoms with Crippen molar-refractivity contribution in [3.63, 3.8) is 0 Å². The highest BCUT2D eigenvalue weighted by Crippen LogP contribution is 2.61. The Morgan fingerprint density at radius 3 is 1.20 bits per heavy atom. The number of carboxylic acid groups (broad SMARTS) is 1. The first-order valence-electron chi connectivity index (χ1n) is 10.6. The first-order valence-corrected chi connectivity index (χ1v) is 13.1. The molecule has 0 saturated heterocycles. The smallest absolute Gasteiger partial charge is 0.0594 e. The van der Waals surface area contributed by atoms with Gasteiger partial charge in [0.05, 0.1) is 30.6 Å². The van der Waals surface area contributed by atoms with Gasteiger partial charge in [-0.2, -0.15) is 0 Å². The van der Waals surface area contributed by atoms with Crippen LogP contribution in [0.2, 0.25) is 0 Å². The molecule has 0 unspecified atom stereocenters. The quantitative estimate of drug-likeness (QED) is 0.438. The van der Waals surface area contributed by atoms with E-state index in [9.17, 15) is 9.90 Å². The lowest BCUT2D eigenvalue weighted by atomic mass is 10.1. The van der Waals surface area contributed by atoms with Crippen molar-refractivity contribution in [1.29, 1.82) is 0 Å². The molecule has 0 aliphatic carbocycles. The van der Waals surface area contributed by atoms with Crippen LogP contribution < -0.4 is 10.8 Å². The summed E-state index contributed by atoms with van der Waals surface area (Å²) in [5.41, 5.74) is 5.10. The third-order valence-corrected chi connectivity index (χ3v) is 9.99. The zero-order chi connectivity index (χ0) is 19.7. The first kappa shape index (κ1) is 27.1. The number of hydrogen-bond donors (Lipinski definition) is 1. The van der Waals surface area contributed by atoms with Crippen LogP contribution in [0.4, 0.5) is 0 Å². The predicted octanol–water partition coefficient (Wildman–Crippen LogP) is 4.92. The fourth-order valence-electron chi connectivity index (χ4n) is 2.92. The molecular formula is C21H46NO2P. The summed E-state index contributed by atoms with van der Waals surface area (Å²) in [6, 6.07) is -0.824. The van der Waals surface area contributed by atoms with E-state index in [1.165, 1.54) is 51.4 Å². The first-order chi connectivity index (χ1) is 11.8. The number of rotatable bonds is 14. The minimum atomic E-state index is -1.18. The molecule has 0 aliphatic heterocycles. The summed E-state index contributed by atoms with van der Waals surface area (Å²) in [6.07, 6.45) is 17.9. The number of aliphatic carboxylic acids is 1. The molecule has 1 atom stereocenters. The lowest BCUT2D eigenvalue weighted by molar-refractivity contribution is -0.308.